The average molecular weight is 127 g/mol. The van der Waals surface area contributed by atoms with Crippen LogP contribution in [0.3, 0.4) is 0 Å². The van der Waals surface area contributed by atoms with Crippen molar-refractivity contribution in [1.29, 1.82) is 0 Å². The molecule has 0 aliphatic rings. The Labute approximate surface area is 59.4 Å². The Hall–Kier alpha value is 0.532. The van der Waals surface area contributed by atoms with Crippen LogP contribution in [0.4, 0.5) is 0 Å². The van der Waals surface area contributed by atoms with Gasteiger partial charge in [-0.05, 0) is 0 Å². The smallest absolute Gasteiger partial charge is 0.104 e. The highest BCUT2D eigenvalue weighted by atomic mass is 27.1. The zero-order valence-corrected chi connectivity index (χ0v) is 7.43. The zero-order valence-electron chi connectivity index (χ0n) is 6.28. The fourth-order valence-electron chi connectivity index (χ4n) is 0.618. The van der Waals surface area contributed by atoms with Gasteiger partial charge in [-0.2, -0.15) is 0 Å². The Kier molecular flexibility index (Phi) is 6.04. The van der Waals surface area contributed by atoms with Crippen LogP contribution >= 0.6 is 0 Å². The normalized spacial score (nSPS) is 13.4. The second-order valence-electron chi connectivity index (χ2n) is 2.41. The highest BCUT2D eigenvalue weighted by Gasteiger charge is 1.98. The third-order valence-corrected chi connectivity index (χ3v) is 3.69. The number of hydrogen-bond acceptors (Lipinski definition) is 0. The lowest BCUT2D eigenvalue weighted by atomic mass is 10.4. The van der Waals surface area contributed by atoms with Gasteiger partial charge in [0.25, 0.3) is 0 Å². The summed E-state index contributed by atoms with van der Waals surface area (Å²) < 4.78 is 1.04. The molecule has 1 heteroatoms. The predicted molar refractivity (Wildman–Crippen MR) is 40.6 cm³/mol. The minimum absolute atomic E-state index is 0.771. The van der Waals surface area contributed by atoms with E-state index in [1.807, 2.05) is 0 Å². The summed E-state index contributed by atoms with van der Waals surface area (Å²) in [5, 5.41) is 1.50. The molecule has 0 saturated carbocycles. The molecule has 0 aliphatic carbocycles. The molecule has 0 spiro atoms. The van der Waals surface area contributed by atoms with Crippen molar-refractivity contribution in [1.82, 2.24) is 0 Å². The lowest BCUT2D eigenvalue weighted by Crippen LogP contribution is -1.95. The van der Waals surface area contributed by atoms with E-state index in [0.717, 1.165) is 20.0 Å². The molecule has 47 valence electrons. The van der Waals surface area contributed by atoms with Crippen molar-refractivity contribution < 1.29 is 0 Å². The van der Waals surface area contributed by atoms with E-state index in [0.29, 0.717) is 0 Å². The van der Waals surface area contributed by atoms with Gasteiger partial charge in [-0.25, -0.2) is 0 Å². The van der Waals surface area contributed by atoms with E-state index in [2.05, 4.69) is 20.8 Å². The molecule has 0 heterocycles. The summed E-state index contributed by atoms with van der Waals surface area (Å²) in [6.07, 6.45) is 2.77. The van der Waals surface area contributed by atoms with Crippen LogP contribution in [0.15, 0.2) is 0 Å². The number of rotatable bonds is 4. The standard InChI is InChI=1S/C4H9.C3H7.Al/c1-3-4-2;1-3-2;/h3H,4H2,1-2H3;1,3H2,2H3;. The monoisotopic (exact) mass is 127 g/mol. The molecule has 1 atom stereocenters. The first-order chi connectivity index (χ1) is 3.81. The largest absolute Gasteiger partial charge is 0.204 e. The molecule has 0 fully saturated rings. The lowest BCUT2D eigenvalue weighted by Gasteiger charge is -2.02. The van der Waals surface area contributed by atoms with Crippen molar-refractivity contribution in [3.63, 3.8) is 0 Å². The van der Waals surface area contributed by atoms with Crippen LogP contribution < -0.4 is 0 Å². The van der Waals surface area contributed by atoms with Gasteiger partial charge in [0.15, 0.2) is 0 Å². The van der Waals surface area contributed by atoms with E-state index in [4.69, 9.17) is 0 Å². The van der Waals surface area contributed by atoms with Crippen LogP contribution in [0.2, 0.25) is 10.1 Å². The summed E-state index contributed by atoms with van der Waals surface area (Å²) >= 11 is 0.771. The Balaban J connectivity index is 2.86. The average Bonchev–Trinajstić information content (AvgIpc) is 1.83. The van der Waals surface area contributed by atoms with E-state index in [-0.39, 0.29) is 0 Å². The maximum absolute atomic E-state index is 2.37. The fourth-order valence-corrected chi connectivity index (χ4v) is 1.85. The van der Waals surface area contributed by atoms with Gasteiger partial charge in [-0.15, -0.1) is 5.28 Å². The molecular formula is C7H16Al. The minimum Gasteiger partial charge on any atom is -0.104 e. The molecule has 0 saturated heterocycles. The molecule has 0 bridgehead atoms. The Morgan fingerprint density at radius 3 is 2.38 bits per heavy atom. The van der Waals surface area contributed by atoms with Crippen LogP contribution in [0, 0.1) is 0 Å². The van der Waals surface area contributed by atoms with Gasteiger partial charge in [-0.3, -0.25) is 0 Å². The topological polar surface area (TPSA) is 0 Å². The molecule has 0 rings (SSSR count). The van der Waals surface area contributed by atoms with Crippen molar-refractivity contribution in [3.8, 4) is 0 Å². The SMILES string of the molecule is CC[CH2][Al][CH](C)CC. The summed E-state index contributed by atoms with van der Waals surface area (Å²) in [4.78, 5) is 0. The summed E-state index contributed by atoms with van der Waals surface area (Å²) in [5.74, 6) is 0. The quantitative estimate of drug-likeness (QED) is 0.509. The van der Waals surface area contributed by atoms with Gasteiger partial charge in [-0.1, -0.05) is 38.4 Å². The van der Waals surface area contributed by atoms with Gasteiger partial charge in [0, 0.05) is 0 Å². The summed E-state index contributed by atoms with van der Waals surface area (Å²) in [6.45, 7) is 6.92. The molecule has 0 N–H and O–H groups in total. The Morgan fingerprint density at radius 1 is 1.38 bits per heavy atom. The van der Waals surface area contributed by atoms with Gasteiger partial charge in [0.2, 0.25) is 15.2 Å². The van der Waals surface area contributed by atoms with E-state index in [1.165, 1.54) is 18.1 Å². The van der Waals surface area contributed by atoms with Gasteiger partial charge in [0.05, 0.1) is 0 Å². The molecular weight excluding hydrogens is 111 g/mol. The van der Waals surface area contributed by atoms with E-state index in [9.17, 15) is 0 Å². The summed E-state index contributed by atoms with van der Waals surface area (Å²) in [6, 6.07) is 0. The first-order valence-corrected chi connectivity index (χ1v) is 5.12. The first kappa shape index (κ1) is 8.53. The second-order valence-corrected chi connectivity index (χ2v) is 4.60. The minimum atomic E-state index is 0.771. The Bertz CT molecular complexity index is 43.7. The van der Waals surface area contributed by atoms with Crippen LogP contribution in [0.5, 0.6) is 0 Å². The van der Waals surface area contributed by atoms with Crippen LogP contribution in [0.1, 0.15) is 33.6 Å². The molecule has 8 heavy (non-hydrogen) atoms. The van der Waals surface area contributed by atoms with Gasteiger partial charge in [0.1, 0.15) is 0 Å². The van der Waals surface area contributed by atoms with Gasteiger partial charge < -0.3 is 0 Å². The van der Waals surface area contributed by atoms with Crippen molar-refractivity contribution in [2.24, 2.45) is 0 Å². The van der Waals surface area contributed by atoms with Gasteiger partial charge >= 0.3 is 0 Å². The molecule has 0 amide bonds. The van der Waals surface area contributed by atoms with Crippen LogP contribution in [0.25, 0.3) is 0 Å². The van der Waals surface area contributed by atoms with Crippen molar-refractivity contribution in [2.45, 2.75) is 43.7 Å². The van der Waals surface area contributed by atoms with Crippen molar-refractivity contribution in [3.05, 3.63) is 0 Å². The van der Waals surface area contributed by atoms with Crippen LogP contribution in [-0.2, 0) is 0 Å². The Morgan fingerprint density at radius 2 is 2.00 bits per heavy atom. The van der Waals surface area contributed by atoms with Crippen LogP contribution in [-0.4, -0.2) is 15.2 Å². The first-order valence-electron chi connectivity index (χ1n) is 3.64. The maximum Gasteiger partial charge on any atom is 0.204 e. The predicted octanol–water partition coefficient (Wildman–Crippen LogP) is 2.74. The van der Waals surface area contributed by atoms with Crippen molar-refractivity contribution in [2.75, 3.05) is 0 Å². The third kappa shape index (κ3) is 4.69. The number of hydrogen-bond donors (Lipinski definition) is 0. The fraction of sp³-hybridized carbons (Fsp3) is 1.00. The maximum atomic E-state index is 2.37. The molecule has 0 aromatic carbocycles. The van der Waals surface area contributed by atoms with Crippen molar-refractivity contribution >= 4 is 15.2 Å². The second kappa shape index (κ2) is 5.67. The third-order valence-electron chi connectivity index (χ3n) is 1.50. The zero-order chi connectivity index (χ0) is 6.41. The molecule has 0 aromatic heterocycles. The summed E-state index contributed by atoms with van der Waals surface area (Å²) in [5.41, 5.74) is 0. The highest BCUT2D eigenvalue weighted by molar-refractivity contribution is 6.37. The molecule has 1 radical (unpaired) electrons. The molecule has 0 aliphatic heterocycles. The molecule has 0 nitrogen and oxygen atoms in total. The molecule has 0 aromatic rings. The van der Waals surface area contributed by atoms with E-state index in [1.54, 1.807) is 0 Å². The highest BCUT2D eigenvalue weighted by Crippen LogP contribution is 2.08. The summed E-state index contributed by atoms with van der Waals surface area (Å²) in [7, 11) is 0. The van der Waals surface area contributed by atoms with E-state index < -0.39 is 0 Å². The lowest BCUT2D eigenvalue weighted by molar-refractivity contribution is 0.857. The van der Waals surface area contributed by atoms with E-state index >= 15 is 0 Å². The molecule has 1 unspecified atom stereocenters.